The molecule has 1 N–H and O–H groups in total. The number of thioether (sulfide) groups is 1. The molecule has 5 heteroatoms. The van der Waals surface area contributed by atoms with Gasteiger partial charge in [-0.2, -0.15) is 5.26 Å². The van der Waals surface area contributed by atoms with Gasteiger partial charge in [-0.15, -0.1) is 11.8 Å². The Morgan fingerprint density at radius 2 is 2.21 bits per heavy atom. The fourth-order valence-electron chi connectivity index (χ4n) is 1.59. The van der Waals surface area contributed by atoms with Gasteiger partial charge in [0.05, 0.1) is 17.2 Å². The van der Waals surface area contributed by atoms with Gasteiger partial charge in [-0.05, 0) is 36.6 Å². The van der Waals surface area contributed by atoms with Crippen LogP contribution >= 0.6 is 11.8 Å². The van der Waals surface area contributed by atoms with Crippen LogP contribution in [0.1, 0.15) is 15.9 Å². The SMILES string of the molecule is CSc1ncccc1C(=O)Nc1cccc(C#N)c1. The van der Waals surface area contributed by atoms with Crippen LogP contribution in [-0.4, -0.2) is 17.1 Å². The Bertz CT molecular complexity index is 649. The van der Waals surface area contributed by atoms with E-state index in [1.54, 1.807) is 42.6 Å². The first-order valence-electron chi connectivity index (χ1n) is 5.55. The highest BCUT2D eigenvalue weighted by Gasteiger charge is 2.11. The number of nitriles is 1. The van der Waals surface area contributed by atoms with Gasteiger partial charge < -0.3 is 5.32 Å². The molecule has 0 aliphatic carbocycles. The smallest absolute Gasteiger partial charge is 0.258 e. The highest BCUT2D eigenvalue weighted by Crippen LogP contribution is 2.18. The summed E-state index contributed by atoms with van der Waals surface area (Å²) in [7, 11) is 0. The zero-order valence-electron chi connectivity index (χ0n) is 10.3. The normalized spacial score (nSPS) is 9.68. The molecule has 0 saturated heterocycles. The van der Waals surface area contributed by atoms with Crippen molar-refractivity contribution in [2.24, 2.45) is 0 Å². The van der Waals surface area contributed by atoms with Gasteiger partial charge in [-0.1, -0.05) is 6.07 Å². The fraction of sp³-hybridized carbons (Fsp3) is 0.0714. The van der Waals surface area contributed by atoms with Crippen LogP contribution in [0.3, 0.4) is 0 Å². The Balaban J connectivity index is 2.23. The van der Waals surface area contributed by atoms with E-state index in [9.17, 15) is 4.79 Å². The molecule has 0 unspecified atom stereocenters. The number of carbonyl (C=O) groups is 1. The first-order chi connectivity index (χ1) is 9.24. The monoisotopic (exact) mass is 269 g/mol. The third-order valence-corrected chi connectivity index (χ3v) is 3.17. The van der Waals surface area contributed by atoms with Gasteiger partial charge in [-0.25, -0.2) is 4.98 Å². The lowest BCUT2D eigenvalue weighted by molar-refractivity contribution is 0.102. The van der Waals surface area contributed by atoms with Crippen LogP contribution in [0.25, 0.3) is 0 Å². The van der Waals surface area contributed by atoms with Gasteiger partial charge in [0.2, 0.25) is 0 Å². The molecule has 1 aromatic heterocycles. The van der Waals surface area contributed by atoms with Gasteiger partial charge in [-0.3, -0.25) is 4.79 Å². The van der Waals surface area contributed by atoms with Crippen molar-refractivity contribution in [1.82, 2.24) is 4.98 Å². The predicted molar refractivity (Wildman–Crippen MR) is 75.1 cm³/mol. The second kappa shape index (κ2) is 6.03. The molecule has 19 heavy (non-hydrogen) atoms. The van der Waals surface area contributed by atoms with E-state index in [1.165, 1.54) is 11.8 Å². The van der Waals surface area contributed by atoms with Crippen molar-refractivity contribution >= 4 is 23.4 Å². The van der Waals surface area contributed by atoms with E-state index in [-0.39, 0.29) is 5.91 Å². The summed E-state index contributed by atoms with van der Waals surface area (Å²) in [5.74, 6) is -0.229. The molecule has 0 radical (unpaired) electrons. The van der Waals surface area contributed by atoms with Crippen molar-refractivity contribution in [2.75, 3.05) is 11.6 Å². The third kappa shape index (κ3) is 3.12. The maximum Gasteiger partial charge on any atom is 0.258 e. The molecule has 2 rings (SSSR count). The highest BCUT2D eigenvalue weighted by atomic mass is 32.2. The van der Waals surface area contributed by atoms with Crippen LogP contribution in [0.5, 0.6) is 0 Å². The molecule has 0 aliphatic heterocycles. The Labute approximate surface area is 115 Å². The number of aromatic nitrogens is 1. The summed E-state index contributed by atoms with van der Waals surface area (Å²) in [4.78, 5) is 16.3. The number of nitrogens with zero attached hydrogens (tertiary/aromatic N) is 2. The van der Waals surface area contributed by atoms with Gasteiger partial charge in [0.25, 0.3) is 5.91 Å². The lowest BCUT2D eigenvalue weighted by Crippen LogP contribution is -2.13. The van der Waals surface area contributed by atoms with Gasteiger partial charge in [0.15, 0.2) is 0 Å². The number of benzene rings is 1. The van der Waals surface area contributed by atoms with Gasteiger partial charge in [0, 0.05) is 11.9 Å². The minimum absolute atomic E-state index is 0.229. The van der Waals surface area contributed by atoms with Crippen molar-refractivity contribution in [3.05, 3.63) is 53.7 Å². The summed E-state index contributed by atoms with van der Waals surface area (Å²) >= 11 is 1.42. The summed E-state index contributed by atoms with van der Waals surface area (Å²) < 4.78 is 0. The molecular formula is C14H11N3OS. The Kier molecular flexibility index (Phi) is 4.16. The van der Waals surface area contributed by atoms with Crippen LogP contribution in [-0.2, 0) is 0 Å². The molecule has 1 aromatic carbocycles. The number of hydrogen-bond donors (Lipinski definition) is 1. The predicted octanol–water partition coefficient (Wildman–Crippen LogP) is 2.93. The number of amides is 1. The van der Waals surface area contributed by atoms with E-state index in [4.69, 9.17) is 5.26 Å². The van der Waals surface area contributed by atoms with Crippen molar-refractivity contribution in [3.8, 4) is 6.07 Å². The van der Waals surface area contributed by atoms with E-state index in [2.05, 4.69) is 10.3 Å². The molecule has 0 atom stereocenters. The summed E-state index contributed by atoms with van der Waals surface area (Å²) in [6.45, 7) is 0. The molecule has 0 bridgehead atoms. The third-order valence-electron chi connectivity index (χ3n) is 2.46. The first kappa shape index (κ1) is 13.1. The van der Waals surface area contributed by atoms with E-state index >= 15 is 0 Å². The molecule has 0 saturated carbocycles. The summed E-state index contributed by atoms with van der Waals surface area (Å²) in [6, 6.07) is 12.3. The van der Waals surface area contributed by atoms with Crippen molar-refractivity contribution in [2.45, 2.75) is 5.03 Å². The Morgan fingerprint density at radius 1 is 1.37 bits per heavy atom. The van der Waals surface area contributed by atoms with Crippen molar-refractivity contribution in [1.29, 1.82) is 5.26 Å². The van der Waals surface area contributed by atoms with Crippen LogP contribution in [0.15, 0.2) is 47.6 Å². The zero-order valence-corrected chi connectivity index (χ0v) is 11.1. The van der Waals surface area contributed by atoms with Crippen LogP contribution in [0.2, 0.25) is 0 Å². The number of anilines is 1. The molecule has 0 aliphatic rings. The molecule has 4 nitrogen and oxygen atoms in total. The van der Waals surface area contributed by atoms with E-state index in [1.807, 2.05) is 12.3 Å². The average molecular weight is 269 g/mol. The lowest BCUT2D eigenvalue weighted by atomic mass is 10.2. The molecule has 94 valence electrons. The van der Waals surface area contributed by atoms with Crippen LogP contribution in [0, 0.1) is 11.3 Å². The number of carbonyl (C=O) groups excluding carboxylic acids is 1. The molecule has 1 amide bonds. The quantitative estimate of drug-likeness (QED) is 0.870. The summed E-state index contributed by atoms with van der Waals surface area (Å²) in [5.41, 5.74) is 1.63. The summed E-state index contributed by atoms with van der Waals surface area (Å²) in [6.07, 6.45) is 3.52. The van der Waals surface area contributed by atoms with Gasteiger partial charge in [0.1, 0.15) is 5.03 Å². The standard InChI is InChI=1S/C14H11N3OS/c1-19-14-12(6-3-7-16-14)13(18)17-11-5-2-4-10(8-11)9-15/h2-8H,1H3,(H,17,18). The topological polar surface area (TPSA) is 65.8 Å². The fourth-order valence-corrected chi connectivity index (χ4v) is 2.14. The average Bonchev–Trinajstić information content (AvgIpc) is 2.47. The first-order valence-corrected chi connectivity index (χ1v) is 6.77. The minimum Gasteiger partial charge on any atom is -0.322 e. The van der Waals surface area contributed by atoms with Crippen molar-refractivity contribution < 1.29 is 4.79 Å². The van der Waals surface area contributed by atoms with E-state index in [0.29, 0.717) is 21.8 Å². The molecule has 0 spiro atoms. The van der Waals surface area contributed by atoms with Crippen LogP contribution in [0.4, 0.5) is 5.69 Å². The second-order valence-corrected chi connectivity index (χ2v) is 4.50. The minimum atomic E-state index is -0.229. The maximum absolute atomic E-state index is 12.1. The van der Waals surface area contributed by atoms with Gasteiger partial charge >= 0.3 is 0 Å². The summed E-state index contributed by atoms with van der Waals surface area (Å²) in [5, 5.41) is 12.3. The second-order valence-electron chi connectivity index (χ2n) is 3.71. The number of hydrogen-bond acceptors (Lipinski definition) is 4. The van der Waals surface area contributed by atoms with Crippen LogP contribution < -0.4 is 5.32 Å². The van der Waals surface area contributed by atoms with E-state index < -0.39 is 0 Å². The molecule has 0 fully saturated rings. The molecule has 1 heterocycles. The number of nitrogens with one attached hydrogen (secondary N) is 1. The number of pyridine rings is 1. The Hall–Kier alpha value is -2.32. The maximum atomic E-state index is 12.1. The lowest BCUT2D eigenvalue weighted by Gasteiger charge is -2.07. The molecular weight excluding hydrogens is 258 g/mol. The number of rotatable bonds is 3. The molecule has 2 aromatic rings. The Morgan fingerprint density at radius 3 is 2.95 bits per heavy atom. The largest absolute Gasteiger partial charge is 0.322 e. The zero-order chi connectivity index (χ0) is 13.7. The highest BCUT2D eigenvalue weighted by molar-refractivity contribution is 7.98. The van der Waals surface area contributed by atoms with E-state index in [0.717, 1.165) is 0 Å². The van der Waals surface area contributed by atoms with Crippen molar-refractivity contribution in [3.63, 3.8) is 0 Å².